The van der Waals surface area contributed by atoms with Crippen molar-refractivity contribution in [2.24, 2.45) is 8.20 Å². The van der Waals surface area contributed by atoms with Crippen molar-refractivity contribution in [3.8, 4) is 0 Å². The SMILES string of the molecule is O=C(NC1C=CC(CN2CCCCC2)=NC1)c1n[nH]c2ccc(C3=CC(CN4CCC(F)(F)C4)=IN=C3)cc12. The predicted octanol–water partition coefficient (Wildman–Crippen LogP) is 4.02. The summed E-state index contributed by atoms with van der Waals surface area (Å²) in [6.07, 6.45) is 11.7. The molecule has 8 nitrogen and oxygen atoms in total. The van der Waals surface area contributed by atoms with E-state index in [2.05, 4.69) is 29.7 Å². The number of nitrogens with one attached hydrogen (secondary N) is 2. The van der Waals surface area contributed by atoms with Gasteiger partial charge in [-0.25, -0.2) is 12.0 Å². The van der Waals surface area contributed by atoms with Crippen molar-refractivity contribution >= 4 is 58.8 Å². The molecule has 1 unspecified atom stereocenters. The van der Waals surface area contributed by atoms with Gasteiger partial charge in [0.2, 0.25) is 0 Å². The van der Waals surface area contributed by atoms with Crippen molar-refractivity contribution < 1.29 is 13.6 Å². The Balaban J connectivity index is 1.11. The van der Waals surface area contributed by atoms with Gasteiger partial charge in [-0.3, -0.25) is 24.7 Å². The number of likely N-dealkylation sites (tertiary alicyclic amines) is 2. The zero-order valence-corrected chi connectivity index (χ0v) is 23.8. The van der Waals surface area contributed by atoms with Gasteiger partial charge in [-0.15, -0.1) is 0 Å². The minimum absolute atomic E-state index is 0.0802. The third-order valence-electron chi connectivity index (χ3n) is 7.55. The van der Waals surface area contributed by atoms with Crippen LogP contribution in [0.25, 0.3) is 16.5 Å². The van der Waals surface area contributed by atoms with Crippen LogP contribution in [0.15, 0.2) is 44.6 Å². The number of aliphatic imine (C=N–C) groups is 1. The molecule has 11 heteroatoms. The van der Waals surface area contributed by atoms with Gasteiger partial charge in [0, 0.05) is 73.5 Å². The van der Waals surface area contributed by atoms with E-state index in [0.717, 1.165) is 50.9 Å². The first kappa shape index (κ1) is 26.6. The number of rotatable bonds is 7. The van der Waals surface area contributed by atoms with E-state index in [1.807, 2.05) is 41.5 Å². The first-order chi connectivity index (χ1) is 18.9. The number of fused-ring (bicyclic) bond motifs is 1. The van der Waals surface area contributed by atoms with E-state index in [1.54, 1.807) is 0 Å². The zero-order valence-electron chi connectivity index (χ0n) is 21.7. The number of carbonyl (C=O) groups excluding carboxylic acids is 1. The number of aromatic amines is 1. The van der Waals surface area contributed by atoms with Crippen molar-refractivity contribution in [1.82, 2.24) is 25.3 Å². The highest BCUT2D eigenvalue weighted by Gasteiger charge is 2.38. The number of benzene rings is 1. The molecule has 2 fully saturated rings. The minimum Gasteiger partial charge on any atom is -0.343 e. The van der Waals surface area contributed by atoms with Crippen LogP contribution < -0.4 is 5.32 Å². The number of amides is 1. The second-order valence-electron chi connectivity index (χ2n) is 10.6. The van der Waals surface area contributed by atoms with Crippen LogP contribution in [0.1, 0.15) is 41.7 Å². The van der Waals surface area contributed by atoms with Gasteiger partial charge in [-0.05, 0) is 55.8 Å². The normalized spacial score (nSPS) is 23.7. The number of alkyl halides is 2. The van der Waals surface area contributed by atoms with Gasteiger partial charge in [0.15, 0.2) is 5.69 Å². The molecule has 206 valence electrons. The van der Waals surface area contributed by atoms with Crippen LogP contribution in [0, 0.1) is 0 Å². The van der Waals surface area contributed by atoms with E-state index in [-0.39, 0.29) is 24.9 Å². The maximum Gasteiger partial charge on any atom is 0.272 e. The number of halogens is 3. The number of H-pyrrole nitrogens is 1. The molecule has 1 aromatic heterocycles. The second kappa shape index (κ2) is 11.5. The highest BCUT2D eigenvalue weighted by molar-refractivity contribution is 14.2. The number of hydrogen-bond acceptors (Lipinski definition) is 6. The first-order valence-electron chi connectivity index (χ1n) is 13.5. The van der Waals surface area contributed by atoms with Gasteiger partial charge in [-0.1, -0.05) is 18.6 Å². The lowest BCUT2D eigenvalue weighted by molar-refractivity contribution is 0.0137. The number of carbonyl (C=O) groups is 1. The highest BCUT2D eigenvalue weighted by Crippen LogP contribution is 2.29. The van der Waals surface area contributed by atoms with Crippen molar-refractivity contribution in [1.29, 1.82) is 0 Å². The van der Waals surface area contributed by atoms with E-state index in [1.165, 1.54) is 19.3 Å². The summed E-state index contributed by atoms with van der Waals surface area (Å²) in [4.78, 5) is 22.1. The van der Waals surface area contributed by atoms with E-state index >= 15 is 0 Å². The Morgan fingerprint density at radius 2 is 2.03 bits per heavy atom. The van der Waals surface area contributed by atoms with Crippen LogP contribution in [0.2, 0.25) is 0 Å². The minimum atomic E-state index is -2.60. The summed E-state index contributed by atoms with van der Waals surface area (Å²) in [5, 5.41) is 11.0. The van der Waals surface area contributed by atoms with Gasteiger partial charge in [0.1, 0.15) is 0 Å². The molecule has 5 heterocycles. The monoisotopic (exact) mass is 647 g/mol. The Kier molecular flexibility index (Phi) is 7.81. The number of hydrogen-bond donors (Lipinski definition) is 2. The van der Waals surface area contributed by atoms with E-state index < -0.39 is 26.9 Å². The van der Waals surface area contributed by atoms with Gasteiger partial charge in [-0.2, -0.15) is 5.10 Å². The van der Waals surface area contributed by atoms with Crippen LogP contribution in [0.5, 0.6) is 0 Å². The van der Waals surface area contributed by atoms with Gasteiger partial charge >= 0.3 is 0 Å². The van der Waals surface area contributed by atoms with E-state index in [9.17, 15) is 13.6 Å². The van der Waals surface area contributed by atoms with Crippen molar-refractivity contribution in [3.05, 3.63) is 47.7 Å². The van der Waals surface area contributed by atoms with Gasteiger partial charge < -0.3 is 5.32 Å². The summed E-state index contributed by atoms with van der Waals surface area (Å²) >= 11 is -0.562. The quantitative estimate of drug-likeness (QED) is 0.445. The zero-order chi connectivity index (χ0) is 26.8. The molecule has 1 aromatic carbocycles. The Morgan fingerprint density at radius 3 is 2.79 bits per heavy atom. The molecule has 0 spiro atoms. The molecular weight excluding hydrogens is 615 g/mol. The molecule has 39 heavy (non-hydrogen) atoms. The van der Waals surface area contributed by atoms with Crippen LogP contribution in [-0.4, -0.2) is 99.1 Å². The van der Waals surface area contributed by atoms with Crippen molar-refractivity contribution in [2.45, 2.75) is 37.6 Å². The molecule has 6 rings (SSSR count). The maximum atomic E-state index is 13.6. The lowest BCUT2D eigenvalue weighted by atomic mass is 10.0. The molecule has 2 saturated heterocycles. The van der Waals surface area contributed by atoms with E-state index in [0.29, 0.717) is 25.3 Å². The first-order valence-corrected chi connectivity index (χ1v) is 15.5. The molecule has 0 radical (unpaired) electrons. The summed E-state index contributed by atoms with van der Waals surface area (Å²) in [5.41, 5.74) is 4.01. The summed E-state index contributed by atoms with van der Waals surface area (Å²) in [5.74, 6) is -2.84. The molecule has 4 aliphatic heterocycles. The average Bonchev–Trinajstić information content (AvgIpc) is 3.52. The standard InChI is InChI=1S/C28H32F2IN7O/c29-28(30)8-11-38(18-28)16-21-12-20(14-33-31-21)19-4-7-25-24(13-19)26(36-35-25)27(39)34-22-5-6-23(32-15-22)17-37-9-2-1-3-10-37/h4-7,12-14,22H,1-3,8-11,15-18H2,(H,34,39)(H,35,36). The van der Waals surface area contributed by atoms with Crippen LogP contribution in [0.3, 0.4) is 0 Å². The third kappa shape index (κ3) is 6.41. The fourth-order valence-corrected chi connectivity index (χ4v) is 7.37. The maximum absolute atomic E-state index is 13.6. The number of piperidine rings is 1. The van der Waals surface area contributed by atoms with Gasteiger partial charge in [0.25, 0.3) is 11.8 Å². The summed E-state index contributed by atoms with van der Waals surface area (Å²) < 4.78 is 32.9. The largest absolute Gasteiger partial charge is 0.343 e. The molecule has 2 N–H and O–H groups in total. The Morgan fingerprint density at radius 1 is 1.15 bits per heavy atom. The average molecular weight is 648 g/mol. The van der Waals surface area contributed by atoms with Crippen LogP contribution >= 0.6 is 21.0 Å². The Labute approximate surface area is 236 Å². The smallest absolute Gasteiger partial charge is 0.272 e. The Hall–Kier alpha value is -2.64. The Bertz CT molecular complexity index is 1400. The molecule has 1 amide bonds. The van der Waals surface area contributed by atoms with E-state index in [4.69, 9.17) is 4.99 Å². The number of aromatic nitrogens is 2. The van der Waals surface area contributed by atoms with Crippen LogP contribution in [0.4, 0.5) is 8.78 Å². The summed E-state index contributed by atoms with van der Waals surface area (Å²) in [6.45, 7) is 4.40. The summed E-state index contributed by atoms with van der Waals surface area (Å²) in [7, 11) is 0. The summed E-state index contributed by atoms with van der Waals surface area (Å²) in [6, 6.07) is 5.64. The molecule has 0 bridgehead atoms. The van der Waals surface area contributed by atoms with Gasteiger partial charge in [0.05, 0.1) is 24.6 Å². The predicted molar refractivity (Wildman–Crippen MR) is 161 cm³/mol. The highest BCUT2D eigenvalue weighted by atomic mass is 127. The molecule has 0 aliphatic carbocycles. The molecule has 0 saturated carbocycles. The van der Waals surface area contributed by atoms with Crippen molar-refractivity contribution in [2.75, 3.05) is 45.8 Å². The fourth-order valence-electron chi connectivity index (χ4n) is 5.46. The lowest BCUT2D eigenvalue weighted by Gasteiger charge is -2.27. The van der Waals surface area contributed by atoms with Crippen molar-refractivity contribution in [3.63, 3.8) is 0 Å². The lowest BCUT2D eigenvalue weighted by Crippen LogP contribution is -2.39. The molecule has 4 aliphatic rings. The number of nitrogens with zero attached hydrogens (tertiary/aromatic N) is 5. The molecule has 2 aromatic rings. The topological polar surface area (TPSA) is 89.0 Å². The fraction of sp³-hybridized carbons (Fsp3) is 0.464. The molecule has 1 atom stereocenters. The molecular formula is C28H32F2IN7O. The third-order valence-corrected chi connectivity index (χ3v) is 9.38. The van der Waals surface area contributed by atoms with Crippen LogP contribution in [-0.2, 0) is 0 Å². The second-order valence-corrected chi connectivity index (χ2v) is 13.0. The number of allylic oxidation sites excluding steroid dienone is 1. The number of dihydropyridines is 1.